The highest BCUT2D eigenvalue weighted by Crippen LogP contribution is 1.90. The Balaban J connectivity index is 2.31. The third-order valence-corrected chi connectivity index (χ3v) is 1.90. The highest BCUT2D eigenvalue weighted by Gasteiger charge is 2.17. The summed E-state index contributed by atoms with van der Waals surface area (Å²) in [6, 6.07) is -0.00810. The molecule has 58 valence electrons. The Bertz CT molecular complexity index is 123. The summed E-state index contributed by atoms with van der Waals surface area (Å²) < 4.78 is 0. The van der Waals surface area contributed by atoms with Crippen LogP contribution in [0.5, 0.6) is 0 Å². The van der Waals surface area contributed by atoms with Crippen LogP contribution in [0.1, 0.15) is 0 Å². The number of Topliss-reactive ketones (excluding diaryl/α,β-unsaturated/α-hetero) is 1. The van der Waals surface area contributed by atoms with E-state index < -0.39 is 0 Å². The fourth-order valence-electron chi connectivity index (χ4n) is 0.991. The maximum atomic E-state index is 11.0. The van der Waals surface area contributed by atoms with E-state index in [4.69, 9.17) is 0 Å². The summed E-state index contributed by atoms with van der Waals surface area (Å²) in [6.45, 7) is 2.58. The smallest absolute Gasteiger partial charge is 0.160 e. The lowest BCUT2D eigenvalue weighted by atomic mass is 10.2. The maximum absolute atomic E-state index is 11.0. The van der Waals surface area contributed by atoms with Gasteiger partial charge in [-0.25, -0.2) is 0 Å². The number of nitrogens with one attached hydrogen (secondary N) is 2. The molecule has 1 fully saturated rings. The van der Waals surface area contributed by atoms with Crippen LogP contribution in [0.2, 0.25) is 0 Å². The highest BCUT2D eigenvalue weighted by atomic mass is 32.1. The lowest BCUT2D eigenvalue weighted by molar-refractivity contribution is -0.118. The standard InChI is InChI=1S/C6H12N2OS/c9-6(4-10)5-3-7-1-2-8-5/h5,7-8,10H,1-4H2. The molecule has 2 N–H and O–H groups in total. The summed E-state index contributed by atoms with van der Waals surface area (Å²) >= 11 is 3.91. The molecule has 0 spiro atoms. The van der Waals surface area contributed by atoms with Crippen LogP contribution in [0, 0.1) is 0 Å². The highest BCUT2D eigenvalue weighted by molar-refractivity contribution is 7.81. The second-order valence-electron chi connectivity index (χ2n) is 2.34. The van der Waals surface area contributed by atoms with Crippen LogP contribution in [-0.4, -0.2) is 37.2 Å². The monoisotopic (exact) mass is 160 g/mol. The van der Waals surface area contributed by atoms with Crippen molar-refractivity contribution in [3.8, 4) is 0 Å². The van der Waals surface area contributed by atoms with E-state index in [0.29, 0.717) is 5.75 Å². The third kappa shape index (κ3) is 1.97. The van der Waals surface area contributed by atoms with Crippen LogP contribution in [0.15, 0.2) is 0 Å². The van der Waals surface area contributed by atoms with Crippen LogP contribution in [0.4, 0.5) is 0 Å². The van der Waals surface area contributed by atoms with Gasteiger partial charge in [-0.1, -0.05) is 0 Å². The molecule has 1 rings (SSSR count). The van der Waals surface area contributed by atoms with Gasteiger partial charge in [-0.15, -0.1) is 0 Å². The lowest BCUT2D eigenvalue weighted by Gasteiger charge is -2.22. The summed E-state index contributed by atoms with van der Waals surface area (Å²) in [5, 5.41) is 6.24. The summed E-state index contributed by atoms with van der Waals surface area (Å²) in [4.78, 5) is 11.0. The van der Waals surface area contributed by atoms with E-state index in [1.165, 1.54) is 0 Å². The number of carbonyl (C=O) groups excluding carboxylic acids is 1. The van der Waals surface area contributed by atoms with Crippen molar-refractivity contribution in [3.63, 3.8) is 0 Å². The molecule has 0 aromatic carbocycles. The van der Waals surface area contributed by atoms with E-state index in [0.717, 1.165) is 19.6 Å². The van der Waals surface area contributed by atoms with Crippen molar-refractivity contribution in [1.82, 2.24) is 10.6 Å². The van der Waals surface area contributed by atoms with Crippen molar-refractivity contribution >= 4 is 18.4 Å². The first-order chi connectivity index (χ1) is 4.84. The number of hydrogen-bond donors (Lipinski definition) is 3. The van der Waals surface area contributed by atoms with Gasteiger partial charge in [-0.2, -0.15) is 12.6 Å². The van der Waals surface area contributed by atoms with Crippen LogP contribution in [-0.2, 0) is 4.79 Å². The van der Waals surface area contributed by atoms with Gasteiger partial charge in [0.2, 0.25) is 0 Å². The van der Waals surface area contributed by atoms with Gasteiger partial charge in [0.1, 0.15) is 0 Å². The Hall–Kier alpha value is -0.0600. The molecule has 0 amide bonds. The topological polar surface area (TPSA) is 41.1 Å². The van der Waals surface area contributed by atoms with Crippen molar-refractivity contribution in [1.29, 1.82) is 0 Å². The molecular weight excluding hydrogens is 148 g/mol. The fraction of sp³-hybridized carbons (Fsp3) is 0.833. The van der Waals surface area contributed by atoms with Gasteiger partial charge < -0.3 is 10.6 Å². The quantitative estimate of drug-likeness (QED) is 0.456. The molecule has 0 aromatic heterocycles. The van der Waals surface area contributed by atoms with E-state index in [9.17, 15) is 4.79 Å². The van der Waals surface area contributed by atoms with Crippen LogP contribution in [0.25, 0.3) is 0 Å². The minimum Gasteiger partial charge on any atom is -0.313 e. The number of carbonyl (C=O) groups is 1. The lowest BCUT2D eigenvalue weighted by Crippen LogP contribution is -2.52. The second kappa shape index (κ2) is 3.95. The van der Waals surface area contributed by atoms with E-state index >= 15 is 0 Å². The number of thiol groups is 1. The minimum absolute atomic E-state index is 0.00810. The van der Waals surface area contributed by atoms with Crippen molar-refractivity contribution < 1.29 is 4.79 Å². The number of hydrogen-bond acceptors (Lipinski definition) is 4. The number of rotatable bonds is 2. The molecule has 0 bridgehead atoms. The molecule has 4 heteroatoms. The molecule has 1 aliphatic heterocycles. The zero-order valence-corrected chi connectivity index (χ0v) is 6.66. The molecule has 0 aromatic rings. The molecule has 10 heavy (non-hydrogen) atoms. The first-order valence-electron chi connectivity index (χ1n) is 3.42. The molecule has 0 aliphatic carbocycles. The number of piperazine rings is 1. The fourth-order valence-corrected chi connectivity index (χ4v) is 1.21. The van der Waals surface area contributed by atoms with Crippen molar-refractivity contribution in [3.05, 3.63) is 0 Å². The zero-order valence-electron chi connectivity index (χ0n) is 5.76. The minimum atomic E-state index is -0.00810. The molecule has 1 saturated heterocycles. The van der Waals surface area contributed by atoms with Crippen molar-refractivity contribution in [2.75, 3.05) is 25.4 Å². The van der Waals surface area contributed by atoms with E-state index in [2.05, 4.69) is 23.3 Å². The normalized spacial score (nSPS) is 26.3. The SMILES string of the molecule is O=C(CS)C1CNCCN1. The largest absolute Gasteiger partial charge is 0.313 e. The molecular formula is C6H12N2OS. The van der Waals surface area contributed by atoms with Crippen molar-refractivity contribution in [2.24, 2.45) is 0 Å². The predicted molar refractivity (Wildman–Crippen MR) is 43.5 cm³/mol. The summed E-state index contributed by atoms with van der Waals surface area (Å²) in [7, 11) is 0. The molecule has 1 unspecified atom stereocenters. The zero-order chi connectivity index (χ0) is 7.40. The Morgan fingerprint density at radius 1 is 1.60 bits per heavy atom. The van der Waals surface area contributed by atoms with Gasteiger partial charge in [0.05, 0.1) is 11.8 Å². The van der Waals surface area contributed by atoms with Gasteiger partial charge in [-0.05, 0) is 0 Å². The second-order valence-corrected chi connectivity index (χ2v) is 2.65. The molecule has 1 heterocycles. The van der Waals surface area contributed by atoms with E-state index in [1.807, 2.05) is 0 Å². The van der Waals surface area contributed by atoms with E-state index in [1.54, 1.807) is 0 Å². The molecule has 0 saturated carbocycles. The molecule has 0 radical (unpaired) electrons. The summed E-state index contributed by atoms with van der Waals surface area (Å²) in [6.07, 6.45) is 0. The third-order valence-electron chi connectivity index (χ3n) is 1.59. The van der Waals surface area contributed by atoms with Crippen molar-refractivity contribution in [2.45, 2.75) is 6.04 Å². The van der Waals surface area contributed by atoms with Gasteiger partial charge in [0.25, 0.3) is 0 Å². The first kappa shape index (κ1) is 8.04. The van der Waals surface area contributed by atoms with Crippen LogP contribution >= 0.6 is 12.6 Å². The Morgan fingerprint density at radius 2 is 2.40 bits per heavy atom. The number of ketones is 1. The Labute approximate surface area is 66.0 Å². The van der Waals surface area contributed by atoms with Gasteiger partial charge in [0.15, 0.2) is 5.78 Å². The summed E-state index contributed by atoms with van der Waals surface area (Å²) in [5.41, 5.74) is 0. The first-order valence-corrected chi connectivity index (χ1v) is 4.05. The van der Waals surface area contributed by atoms with Gasteiger partial charge in [-0.3, -0.25) is 4.79 Å². The van der Waals surface area contributed by atoms with Gasteiger partial charge in [0, 0.05) is 19.6 Å². The predicted octanol–water partition coefficient (Wildman–Crippen LogP) is -0.953. The summed E-state index contributed by atoms with van der Waals surface area (Å²) in [5.74, 6) is 0.509. The molecule has 1 atom stereocenters. The Morgan fingerprint density at radius 3 is 2.90 bits per heavy atom. The Kier molecular flexibility index (Phi) is 3.18. The molecule has 3 nitrogen and oxygen atoms in total. The van der Waals surface area contributed by atoms with Gasteiger partial charge >= 0.3 is 0 Å². The van der Waals surface area contributed by atoms with E-state index in [-0.39, 0.29) is 11.8 Å². The average Bonchev–Trinajstić information content (AvgIpc) is 2.05. The average molecular weight is 160 g/mol. The van der Waals surface area contributed by atoms with Crippen LogP contribution in [0.3, 0.4) is 0 Å². The maximum Gasteiger partial charge on any atom is 0.160 e. The van der Waals surface area contributed by atoms with Crippen LogP contribution < -0.4 is 10.6 Å². The molecule has 1 aliphatic rings.